The molecule has 1 aliphatic heterocycles. The SMILES string of the molecule is CN1CCN(NC(=O)c2ccc(O)c(Cl)c2)CC1. The number of carbonyl (C=O) groups is 1. The minimum Gasteiger partial charge on any atom is -0.506 e. The van der Waals surface area contributed by atoms with Crippen LogP contribution < -0.4 is 5.43 Å². The zero-order valence-electron chi connectivity index (χ0n) is 10.2. The largest absolute Gasteiger partial charge is 0.506 e. The molecule has 0 aromatic heterocycles. The van der Waals surface area contributed by atoms with Crippen molar-refractivity contribution < 1.29 is 9.90 Å². The third-order valence-electron chi connectivity index (χ3n) is 2.97. The van der Waals surface area contributed by atoms with Gasteiger partial charge in [-0.15, -0.1) is 0 Å². The zero-order chi connectivity index (χ0) is 13.1. The number of nitrogens with one attached hydrogen (secondary N) is 1. The lowest BCUT2D eigenvalue weighted by molar-refractivity contribution is 0.0662. The van der Waals surface area contributed by atoms with Crippen molar-refractivity contribution >= 4 is 17.5 Å². The van der Waals surface area contributed by atoms with Crippen LogP contribution in [0.4, 0.5) is 0 Å². The Morgan fingerprint density at radius 3 is 2.61 bits per heavy atom. The first-order chi connectivity index (χ1) is 8.56. The van der Waals surface area contributed by atoms with Gasteiger partial charge in [0, 0.05) is 31.7 Å². The molecule has 1 fully saturated rings. The van der Waals surface area contributed by atoms with E-state index in [1.54, 1.807) is 6.07 Å². The molecule has 0 spiro atoms. The molecule has 0 unspecified atom stereocenters. The molecule has 1 saturated heterocycles. The Balaban J connectivity index is 1.97. The van der Waals surface area contributed by atoms with Crippen LogP contribution in [0.1, 0.15) is 10.4 Å². The van der Waals surface area contributed by atoms with Gasteiger partial charge in [-0.3, -0.25) is 10.2 Å². The van der Waals surface area contributed by atoms with Crippen LogP contribution in [-0.4, -0.2) is 54.1 Å². The number of benzene rings is 1. The average Bonchev–Trinajstić information content (AvgIpc) is 2.35. The molecule has 2 N–H and O–H groups in total. The highest BCUT2D eigenvalue weighted by Gasteiger charge is 2.16. The maximum Gasteiger partial charge on any atom is 0.265 e. The molecule has 1 aromatic carbocycles. The molecule has 0 atom stereocenters. The van der Waals surface area contributed by atoms with Crippen molar-refractivity contribution in [3.8, 4) is 5.75 Å². The van der Waals surface area contributed by atoms with E-state index in [2.05, 4.69) is 17.4 Å². The van der Waals surface area contributed by atoms with Crippen molar-refractivity contribution in [3.05, 3.63) is 28.8 Å². The molecule has 6 heteroatoms. The number of rotatable bonds is 2. The molecule has 1 aliphatic rings. The number of halogens is 1. The van der Waals surface area contributed by atoms with Crippen molar-refractivity contribution in [1.29, 1.82) is 0 Å². The Kier molecular flexibility index (Phi) is 4.06. The topological polar surface area (TPSA) is 55.8 Å². The molecule has 98 valence electrons. The summed E-state index contributed by atoms with van der Waals surface area (Å²) in [6.07, 6.45) is 0. The van der Waals surface area contributed by atoms with Gasteiger partial charge in [0.05, 0.1) is 5.02 Å². The molecule has 0 saturated carbocycles. The predicted octanol–water partition coefficient (Wildman–Crippen LogP) is 0.938. The summed E-state index contributed by atoms with van der Waals surface area (Å²) in [5.41, 5.74) is 3.27. The quantitative estimate of drug-likeness (QED) is 0.839. The minimum absolute atomic E-state index is 0.0205. The Labute approximate surface area is 111 Å². The second kappa shape index (κ2) is 5.56. The summed E-state index contributed by atoms with van der Waals surface area (Å²) in [5.74, 6) is -0.228. The highest BCUT2D eigenvalue weighted by Crippen LogP contribution is 2.23. The van der Waals surface area contributed by atoms with E-state index in [1.165, 1.54) is 12.1 Å². The molecule has 5 nitrogen and oxygen atoms in total. The second-order valence-corrected chi connectivity index (χ2v) is 4.80. The van der Waals surface area contributed by atoms with Gasteiger partial charge in [0.25, 0.3) is 5.91 Å². The van der Waals surface area contributed by atoms with E-state index in [1.807, 2.05) is 5.01 Å². The van der Waals surface area contributed by atoms with Crippen molar-refractivity contribution in [1.82, 2.24) is 15.3 Å². The van der Waals surface area contributed by atoms with Crippen LogP contribution >= 0.6 is 11.6 Å². The number of carbonyl (C=O) groups excluding carboxylic acids is 1. The first-order valence-corrected chi connectivity index (χ1v) is 6.17. The lowest BCUT2D eigenvalue weighted by atomic mass is 10.2. The molecule has 18 heavy (non-hydrogen) atoms. The number of phenolic OH excluding ortho intramolecular Hbond substituents is 1. The molecule has 1 aromatic rings. The fourth-order valence-electron chi connectivity index (χ4n) is 1.77. The molecular formula is C12H16ClN3O2. The van der Waals surface area contributed by atoms with Crippen LogP contribution in [0.5, 0.6) is 5.75 Å². The van der Waals surface area contributed by atoms with Crippen LogP contribution in [0.15, 0.2) is 18.2 Å². The van der Waals surface area contributed by atoms with Crippen molar-refractivity contribution in [2.45, 2.75) is 0 Å². The van der Waals surface area contributed by atoms with Crippen molar-refractivity contribution in [2.24, 2.45) is 0 Å². The highest BCUT2D eigenvalue weighted by atomic mass is 35.5. The highest BCUT2D eigenvalue weighted by molar-refractivity contribution is 6.32. The lowest BCUT2D eigenvalue weighted by Crippen LogP contribution is -2.52. The molecule has 1 amide bonds. The van der Waals surface area contributed by atoms with Crippen LogP contribution in [0.2, 0.25) is 5.02 Å². The molecule has 0 bridgehead atoms. The summed E-state index contributed by atoms with van der Waals surface area (Å²) in [6, 6.07) is 4.43. The molecule has 2 rings (SSSR count). The maximum absolute atomic E-state index is 12.0. The van der Waals surface area contributed by atoms with E-state index in [-0.39, 0.29) is 16.7 Å². The van der Waals surface area contributed by atoms with E-state index in [0.29, 0.717) is 5.56 Å². The van der Waals surface area contributed by atoms with E-state index >= 15 is 0 Å². The van der Waals surface area contributed by atoms with E-state index < -0.39 is 0 Å². The third kappa shape index (κ3) is 3.13. The lowest BCUT2D eigenvalue weighted by Gasteiger charge is -2.32. The first-order valence-electron chi connectivity index (χ1n) is 5.79. The summed E-state index contributed by atoms with van der Waals surface area (Å²) in [4.78, 5) is 14.2. The maximum atomic E-state index is 12.0. The van der Waals surface area contributed by atoms with Gasteiger partial charge in [-0.25, -0.2) is 5.01 Å². The summed E-state index contributed by atoms with van der Waals surface area (Å²) in [6.45, 7) is 3.45. The molecule has 0 aliphatic carbocycles. The summed E-state index contributed by atoms with van der Waals surface area (Å²) < 4.78 is 0. The Hall–Kier alpha value is -1.30. The van der Waals surface area contributed by atoms with Gasteiger partial charge >= 0.3 is 0 Å². The van der Waals surface area contributed by atoms with Gasteiger partial charge in [-0.05, 0) is 25.2 Å². The Morgan fingerprint density at radius 2 is 2.00 bits per heavy atom. The number of hydrogen-bond donors (Lipinski definition) is 2. The number of nitrogens with zero attached hydrogens (tertiary/aromatic N) is 2. The molecule has 1 heterocycles. The predicted molar refractivity (Wildman–Crippen MR) is 69.7 cm³/mol. The number of piperazine rings is 1. The summed E-state index contributed by atoms with van der Waals surface area (Å²) in [5, 5.41) is 11.4. The Bertz CT molecular complexity index is 445. The standard InChI is InChI=1S/C12H16ClN3O2/c1-15-4-6-16(7-5-15)14-12(18)9-2-3-11(17)10(13)8-9/h2-3,8,17H,4-7H2,1H3,(H,14,18). The third-order valence-corrected chi connectivity index (χ3v) is 3.28. The average molecular weight is 270 g/mol. The fourth-order valence-corrected chi connectivity index (χ4v) is 1.96. The number of phenols is 1. The van der Waals surface area contributed by atoms with Crippen LogP contribution in [0, 0.1) is 0 Å². The summed E-state index contributed by atoms with van der Waals surface area (Å²) >= 11 is 5.77. The number of likely N-dealkylation sites (N-methyl/N-ethyl adjacent to an activating group) is 1. The number of hydrogen-bond acceptors (Lipinski definition) is 4. The van der Waals surface area contributed by atoms with E-state index in [9.17, 15) is 9.90 Å². The van der Waals surface area contributed by atoms with Crippen LogP contribution in [0.3, 0.4) is 0 Å². The zero-order valence-corrected chi connectivity index (χ0v) is 10.9. The van der Waals surface area contributed by atoms with Gasteiger partial charge in [0.1, 0.15) is 5.75 Å². The smallest absolute Gasteiger partial charge is 0.265 e. The number of hydrazine groups is 1. The second-order valence-electron chi connectivity index (χ2n) is 4.40. The van der Waals surface area contributed by atoms with Gasteiger partial charge in [0.15, 0.2) is 0 Å². The van der Waals surface area contributed by atoms with E-state index in [4.69, 9.17) is 11.6 Å². The first kappa shape index (κ1) is 13.1. The number of aromatic hydroxyl groups is 1. The number of amides is 1. The molecule has 0 radical (unpaired) electrons. The van der Waals surface area contributed by atoms with E-state index in [0.717, 1.165) is 26.2 Å². The Morgan fingerprint density at radius 1 is 1.33 bits per heavy atom. The van der Waals surface area contributed by atoms with Gasteiger partial charge in [-0.1, -0.05) is 11.6 Å². The summed E-state index contributed by atoms with van der Waals surface area (Å²) in [7, 11) is 2.05. The van der Waals surface area contributed by atoms with Gasteiger partial charge < -0.3 is 10.0 Å². The van der Waals surface area contributed by atoms with Gasteiger partial charge in [-0.2, -0.15) is 0 Å². The van der Waals surface area contributed by atoms with Crippen LogP contribution in [0.25, 0.3) is 0 Å². The van der Waals surface area contributed by atoms with Crippen molar-refractivity contribution in [2.75, 3.05) is 33.2 Å². The minimum atomic E-state index is -0.207. The van der Waals surface area contributed by atoms with Crippen molar-refractivity contribution in [3.63, 3.8) is 0 Å². The molecular weight excluding hydrogens is 254 g/mol. The fraction of sp³-hybridized carbons (Fsp3) is 0.417. The van der Waals surface area contributed by atoms with Crippen LogP contribution in [-0.2, 0) is 0 Å². The normalized spacial score (nSPS) is 17.7. The monoisotopic (exact) mass is 269 g/mol. The van der Waals surface area contributed by atoms with Gasteiger partial charge in [0.2, 0.25) is 0 Å².